The second-order valence-electron chi connectivity index (χ2n) is 10.4. The molecule has 32 heavy (non-hydrogen) atoms. The van der Waals surface area contributed by atoms with Crippen LogP contribution in [0.3, 0.4) is 0 Å². The van der Waals surface area contributed by atoms with E-state index in [1.165, 1.54) is 16.7 Å². The molecule has 0 amide bonds. The molecule has 3 heteroatoms. The molecule has 3 aromatic carbocycles. The Labute approximate surface area is 192 Å². The van der Waals surface area contributed by atoms with Crippen LogP contribution in [-0.2, 0) is 28.7 Å². The molecule has 0 aliphatic carbocycles. The first-order chi connectivity index (χ1) is 15.0. The summed E-state index contributed by atoms with van der Waals surface area (Å²) in [6, 6.07) is 24.1. The maximum atomic E-state index is 12.3. The molecule has 0 bridgehead atoms. The van der Waals surface area contributed by atoms with Crippen LogP contribution < -0.4 is 5.32 Å². The molecule has 0 spiro atoms. The van der Waals surface area contributed by atoms with E-state index in [1.54, 1.807) is 0 Å². The summed E-state index contributed by atoms with van der Waals surface area (Å²) in [7, 11) is 0. The normalized spacial score (nSPS) is 11.8. The maximum absolute atomic E-state index is 12.3. The number of anilines is 1. The minimum atomic E-state index is -0.312. The largest absolute Gasteiger partial charge is 0.457 e. The molecule has 0 unspecified atom stereocenters. The molecule has 3 rings (SSSR count). The van der Waals surface area contributed by atoms with Gasteiger partial charge in [0.25, 0.3) is 0 Å². The first kappa shape index (κ1) is 23.6. The van der Waals surface area contributed by atoms with Crippen LogP contribution in [0.2, 0.25) is 0 Å². The summed E-state index contributed by atoms with van der Waals surface area (Å²) >= 11 is 0. The molecule has 0 aromatic heterocycles. The molecular weight excluding hydrogens is 394 g/mol. The third kappa shape index (κ3) is 6.46. The first-order valence-corrected chi connectivity index (χ1v) is 11.2. The van der Waals surface area contributed by atoms with Gasteiger partial charge in [0.2, 0.25) is 0 Å². The summed E-state index contributed by atoms with van der Waals surface area (Å²) in [6.45, 7) is 14.5. The van der Waals surface area contributed by atoms with Gasteiger partial charge in [-0.25, -0.2) is 4.79 Å². The number of hydrogen-bond acceptors (Lipinski definition) is 3. The molecule has 0 heterocycles. The molecule has 0 radical (unpaired) electrons. The van der Waals surface area contributed by atoms with Crippen molar-refractivity contribution in [3.05, 3.63) is 101 Å². The Morgan fingerprint density at radius 3 is 1.84 bits per heavy atom. The highest BCUT2D eigenvalue weighted by atomic mass is 16.5. The molecule has 3 aromatic rings. The number of nitrogens with one attached hydrogen (secondary N) is 1. The van der Waals surface area contributed by atoms with Crippen molar-refractivity contribution >= 4 is 11.7 Å². The molecule has 0 saturated heterocycles. The fraction of sp³-hybridized carbons (Fsp3) is 0.345. The lowest BCUT2D eigenvalue weighted by Crippen LogP contribution is -2.17. The topological polar surface area (TPSA) is 38.3 Å². The highest BCUT2D eigenvalue weighted by Crippen LogP contribution is 2.30. The number of carbonyl (C=O) groups excluding carboxylic acids is 1. The quantitative estimate of drug-likeness (QED) is 0.419. The first-order valence-electron chi connectivity index (χ1n) is 11.2. The summed E-state index contributed by atoms with van der Waals surface area (Å²) < 4.78 is 5.41. The second-order valence-corrected chi connectivity index (χ2v) is 10.4. The van der Waals surface area contributed by atoms with E-state index in [2.05, 4.69) is 65.1 Å². The third-order valence-corrected chi connectivity index (χ3v) is 5.55. The highest BCUT2D eigenvalue weighted by Gasteiger charge is 2.20. The highest BCUT2D eigenvalue weighted by molar-refractivity contribution is 5.89. The maximum Gasteiger partial charge on any atom is 0.338 e. The molecule has 0 aliphatic rings. The molecule has 0 saturated carbocycles. The van der Waals surface area contributed by atoms with Gasteiger partial charge in [0, 0.05) is 12.2 Å². The van der Waals surface area contributed by atoms with Gasteiger partial charge in [-0.2, -0.15) is 0 Å². The van der Waals surface area contributed by atoms with Crippen LogP contribution in [0.25, 0.3) is 0 Å². The van der Waals surface area contributed by atoms with Crippen LogP contribution in [0, 0.1) is 0 Å². The van der Waals surface area contributed by atoms with E-state index in [0.29, 0.717) is 5.56 Å². The molecule has 168 valence electrons. The van der Waals surface area contributed by atoms with E-state index >= 15 is 0 Å². The van der Waals surface area contributed by atoms with Gasteiger partial charge in [0.05, 0.1) is 5.56 Å². The van der Waals surface area contributed by atoms with Crippen molar-refractivity contribution in [2.24, 2.45) is 0 Å². The summed E-state index contributed by atoms with van der Waals surface area (Å²) in [5.74, 6) is -0.312. The van der Waals surface area contributed by atoms with Gasteiger partial charge in [-0.3, -0.25) is 0 Å². The van der Waals surface area contributed by atoms with Gasteiger partial charge in [-0.1, -0.05) is 90.1 Å². The third-order valence-electron chi connectivity index (χ3n) is 5.55. The number of benzene rings is 3. The average molecular weight is 430 g/mol. The minimum absolute atomic E-state index is 0.0950. The Kier molecular flexibility index (Phi) is 7.08. The van der Waals surface area contributed by atoms with E-state index in [4.69, 9.17) is 4.74 Å². The summed E-state index contributed by atoms with van der Waals surface area (Å²) in [6.07, 6.45) is 0. The van der Waals surface area contributed by atoms with Crippen molar-refractivity contribution in [3.8, 4) is 0 Å². The van der Waals surface area contributed by atoms with Crippen molar-refractivity contribution < 1.29 is 9.53 Å². The molecule has 0 fully saturated rings. The van der Waals surface area contributed by atoms with Gasteiger partial charge in [-0.15, -0.1) is 0 Å². The van der Waals surface area contributed by atoms with Crippen LogP contribution in [0.5, 0.6) is 0 Å². The molecule has 0 atom stereocenters. The molecule has 3 nitrogen and oxygen atoms in total. The molecule has 0 aliphatic heterocycles. The number of ether oxygens (including phenoxy) is 1. The Morgan fingerprint density at radius 1 is 0.750 bits per heavy atom. The predicted octanol–water partition coefficient (Wildman–Crippen LogP) is 7.25. The van der Waals surface area contributed by atoms with Crippen LogP contribution in [0.1, 0.15) is 74.2 Å². The standard InChI is InChI=1S/C29H35NO2/c1-28(2,3)24-16-22(17-25(18-24)29(4,5)6)19-30-26-14-12-23(13-15-26)27(31)32-20-21-10-8-7-9-11-21/h7-18,30H,19-20H2,1-6H3. The van der Waals surface area contributed by atoms with Gasteiger partial charge >= 0.3 is 5.97 Å². The second kappa shape index (κ2) is 9.60. The lowest BCUT2D eigenvalue weighted by atomic mass is 9.79. The number of carbonyl (C=O) groups is 1. The average Bonchev–Trinajstić information content (AvgIpc) is 2.76. The zero-order chi connectivity index (χ0) is 23.4. The van der Waals surface area contributed by atoms with Crippen LogP contribution in [0.4, 0.5) is 5.69 Å². The van der Waals surface area contributed by atoms with Gasteiger partial charge in [-0.05, 0) is 57.3 Å². The van der Waals surface area contributed by atoms with Crippen LogP contribution in [0.15, 0.2) is 72.8 Å². The zero-order valence-corrected chi connectivity index (χ0v) is 20.2. The number of rotatable bonds is 6. The SMILES string of the molecule is CC(C)(C)c1cc(CNc2ccc(C(=O)OCc3ccccc3)cc2)cc(C(C)(C)C)c1. The van der Waals surface area contributed by atoms with Gasteiger partial charge in [0.1, 0.15) is 6.61 Å². The fourth-order valence-electron chi connectivity index (χ4n) is 3.39. The lowest BCUT2D eigenvalue weighted by Gasteiger charge is -2.26. The van der Waals surface area contributed by atoms with Crippen molar-refractivity contribution in [3.63, 3.8) is 0 Å². The molecule has 1 N–H and O–H groups in total. The van der Waals surface area contributed by atoms with Gasteiger partial charge in [0.15, 0.2) is 0 Å². The Bertz CT molecular complexity index is 1010. The Hall–Kier alpha value is -3.07. The zero-order valence-electron chi connectivity index (χ0n) is 20.2. The smallest absolute Gasteiger partial charge is 0.338 e. The van der Waals surface area contributed by atoms with Crippen molar-refractivity contribution in [1.29, 1.82) is 0 Å². The lowest BCUT2D eigenvalue weighted by molar-refractivity contribution is 0.0472. The summed E-state index contributed by atoms with van der Waals surface area (Å²) in [4.78, 5) is 12.3. The Balaban J connectivity index is 1.65. The number of hydrogen-bond donors (Lipinski definition) is 1. The predicted molar refractivity (Wildman–Crippen MR) is 133 cm³/mol. The van der Waals surface area contributed by atoms with Gasteiger partial charge < -0.3 is 10.1 Å². The van der Waals surface area contributed by atoms with E-state index in [0.717, 1.165) is 17.8 Å². The van der Waals surface area contributed by atoms with E-state index in [1.807, 2.05) is 54.6 Å². The minimum Gasteiger partial charge on any atom is -0.457 e. The van der Waals surface area contributed by atoms with Crippen molar-refractivity contribution in [2.75, 3.05) is 5.32 Å². The summed E-state index contributed by atoms with van der Waals surface area (Å²) in [5.41, 5.74) is 6.64. The number of esters is 1. The van der Waals surface area contributed by atoms with Crippen molar-refractivity contribution in [1.82, 2.24) is 0 Å². The summed E-state index contributed by atoms with van der Waals surface area (Å²) in [5, 5.41) is 3.49. The Morgan fingerprint density at radius 2 is 1.31 bits per heavy atom. The fourth-order valence-corrected chi connectivity index (χ4v) is 3.39. The van der Waals surface area contributed by atoms with E-state index in [-0.39, 0.29) is 23.4 Å². The van der Waals surface area contributed by atoms with Crippen LogP contribution >= 0.6 is 0 Å². The molecular formula is C29H35NO2. The van der Waals surface area contributed by atoms with Crippen LogP contribution in [-0.4, -0.2) is 5.97 Å². The van der Waals surface area contributed by atoms with Crippen molar-refractivity contribution in [2.45, 2.75) is 65.5 Å². The van der Waals surface area contributed by atoms with E-state index in [9.17, 15) is 4.79 Å². The van der Waals surface area contributed by atoms with E-state index < -0.39 is 0 Å². The monoisotopic (exact) mass is 429 g/mol.